The third-order valence-electron chi connectivity index (χ3n) is 3.77. The molecule has 0 aliphatic carbocycles. The average molecular weight is 373 g/mol. The Labute approximate surface area is 160 Å². The molecule has 0 fully saturated rings. The molecule has 0 atom stereocenters. The lowest BCUT2D eigenvalue weighted by molar-refractivity contribution is 0.0600. The fraction of sp³-hybridized carbons (Fsp3) is 0.0500. The standard InChI is InChI=1S/C20H15N5O3/c1-28-20(27)13-6-8-15(9-7-13)22-18-11-10-17(24-25-18)19(26)23-16-5-3-2-4-14(16)12-21/h2-11H,1H3,(H,22,25)(H,23,26). The van der Waals surface area contributed by atoms with Crippen LogP contribution in [0.3, 0.4) is 0 Å². The van der Waals surface area contributed by atoms with E-state index in [1.807, 2.05) is 6.07 Å². The molecule has 3 rings (SSSR count). The Hall–Kier alpha value is -4.25. The number of nitrogens with one attached hydrogen (secondary N) is 2. The topological polar surface area (TPSA) is 117 Å². The first kappa shape index (κ1) is 18.5. The number of benzene rings is 2. The van der Waals surface area contributed by atoms with E-state index in [-0.39, 0.29) is 5.69 Å². The third kappa shape index (κ3) is 4.28. The van der Waals surface area contributed by atoms with Gasteiger partial charge in [-0.2, -0.15) is 5.26 Å². The molecule has 3 aromatic rings. The van der Waals surface area contributed by atoms with Crippen molar-refractivity contribution in [2.24, 2.45) is 0 Å². The smallest absolute Gasteiger partial charge is 0.337 e. The normalized spacial score (nSPS) is 9.86. The maximum atomic E-state index is 12.3. The largest absolute Gasteiger partial charge is 0.465 e. The number of esters is 1. The number of nitrogens with zero attached hydrogens (tertiary/aromatic N) is 3. The Balaban J connectivity index is 1.67. The van der Waals surface area contributed by atoms with E-state index >= 15 is 0 Å². The van der Waals surface area contributed by atoms with Crippen LogP contribution in [0.2, 0.25) is 0 Å². The molecule has 0 aliphatic rings. The molecule has 8 nitrogen and oxygen atoms in total. The Bertz CT molecular complexity index is 1040. The molecule has 0 saturated heterocycles. The second kappa shape index (κ2) is 8.42. The number of carbonyl (C=O) groups excluding carboxylic acids is 2. The highest BCUT2D eigenvalue weighted by atomic mass is 16.5. The van der Waals surface area contributed by atoms with E-state index in [0.717, 1.165) is 0 Å². The number of anilines is 3. The van der Waals surface area contributed by atoms with Crippen molar-refractivity contribution in [2.75, 3.05) is 17.7 Å². The van der Waals surface area contributed by atoms with Gasteiger partial charge in [0.25, 0.3) is 5.91 Å². The van der Waals surface area contributed by atoms with Crippen LogP contribution in [0.4, 0.5) is 17.2 Å². The van der Waals surface area contributed by atoms with E-state index in [4.69, 9.17) is 5.26 Å². The van der Waals surface area contributed by atoms with Crippen LogP contribution in [0.5, 0.6) is 0 Å². The molecule has 138 valence electrons. The van der Waals surface area contributed by atoms with E-state index in [1.54, 1.807) is 54.6 Å². The summed E-state index contributed by atoms with van der Waals surface area (Å²) in [4.78, 5) is 23.7. The van der Waals surface area contributed by atoms with Gasteiger partial charge in [0.05, 0.1) is 23.9 Å². The predicted molar refractivity (Wildman–Crippen MR) is 102 cm³/mol. The van der Waals surface area contributed by atoms with E-state index in [2.05, 4.69) is 25.6 Å². The molecule has 0 bridgehead atoms. The highest BCUT2D eigenvalue weighted by molar-refractivity contribution is 6.03. The van der Waals surface area contributed by atoms with Crippen LogP contribution in [-0.4, -0.2) is 29.2 Å². The summed E-state index contributed by atoms with van der Waals surface area (Å²) < 4.78 is 4.65. The number of carbonyl (C=O) groups is 2. The van der Waals surface area contributed by atoms with Crippen molar-refractivity contribution in [3.8, 4) is 6.07 Å². The minimum absolute atomic E-state index is 0.110. The van der Waals surface area contributed by atoms with Crippen LogP contribution < -0.4 is 10.6 Å². The highest BCUT2D eigenvalue weighted by Crippen LogP contribution is 2.17. The molecule has 0 unspecified atom stereocenters. The molecule has 8 heteroatoms. The first-order valence-electron chi connectivity index (χ1n) is 8.20. The van der Waals surface area contributed by atoms with Gasteiger partial charge in [0.15, 0.2) is 11.5 Å². The number of methoxy groups -OCH3 is 1. The van der Waals surface area contributed by atoms with Gasteiger partial charge in [-0.05, 0) is 48.5 Å². The summed E-state index contributed by atoms with van der Waals surface area (Å²) in [6, 6.07) is 18.5. The van der Waals surface area contributed by atoms with Crippen molar-refractivity contribution < 1.29 is 14.3 Å². The van der Waals surface area contributed by atoms with Crippen LogP contribution in [0, 0.1) is 11.3 Å². The second-order valence-electron chi connectivity index (χ2n) is 5.61. The van der Waals surface area contributed by atoms with Crippen molar-refractivity contribution in [3.63, 3.8) is 0 Å². The summed E-state index contributed by atoms with van der Waals surface area (Å²) in [5.74, 6) is -0.455. The lowest BCUT2D eigenvalue weighted by Gasteiger charge is -2.08. The van der Waals surface area contributed by atoms with Gasteiger partial charge in [-0.15, -0.1) is 10.2 Å². The Morgan fingerprint density at radius 1 is 1.00 bits per heavy atom. The Morgan fingerprint density at radius 2 is 1.75 bits per heavy atom. The van der Waals surface area contributed by atoms with Gasteiger partial charge >= 0.3 is 5.97 Å². The average Bonchev–Trinajstić information content (AvgIpc) is 2.74. The van der Waals surface area contributed by atoms with Crippen molar-refractivity contribution in [3.05, 3.63) is 77.5 Å². The fourth-order valence-electron chi connectivity index (χ4n) is 2.35. The molecule has 1 amide bonds. The molecule has 1 aromatic heterocycles. The molecular weight excluding hydrogens is 358 g/mol. The minimum atomic E-state index is -0.468. The van der Waals surface area contributed by atoms with Gasteiger partial charge < -0.3 is 15.4 Å². The van der Waals surface area contributed by atoms with Crippen LogP contribution in [0.1, 0.15) is 26.4 Å². The van der Waals surface area contributed by atoms with E-state index in [1.165, 1.54) is 13.2 Å². The van der Waals surface area contributed by atoms with Gasteiger partial charge in [0.1, 0.15) is 6.07 Å². The number of amides is 1. The van der Waals surface area contributed by atoms with E-state index in [0.29, 0.717) is 28.3 Å². The summed E-state index contributed by atoms with van der Waals surface area (Å²) in [5.41, 5.74) is 2.01. The number of ether oxygens (including phenoxy) is 1. The minimum Gasteiger partial charge on any atom is -0.465 e. The highest BCUT2D eigenvalue weighted by Gasteiger charge is 2.11. The van der Waals surface area contributed by atoms with Crippen molar-refractivity contribution in [1.29, 1.82) is 5.26 Å². The van der Waals surface area contributed by atoms with E-state index < -0.39 is 11.9 Å². The second-order valence-corrected chi connectivity index (χ2v) is 5.61. The Morgan fingerprint density at radius 3 is 2.39 bits per heavy atom. The zero-order valence-corrected chi connectivity index (χ0v) is 14.8. The molecule has 28 heavy (non-hydrogen) atoms. The summed E-state index contributed by atoms with van der Waals surface area (Å²) in [5, 5.41) is 22.6. The zero-order valence-electron chi connectivity index (χ0n) is 14.8. The van der Waals surface area contributed by atoms with Crippen LogP contribution >= 0.6 is 0 Å². The molecule has 2 aromatic carbocycles. The maximum absolute atomic E-state index is 12.3. The number of nitriles is 1. The van der Waals surface area contributed by atoms with Gasteiger partial charge in [-0.3, -0.25) is 4.79 Å². The van der Waals surface area contributed by atoms with Gasteiger partial charge in [0.2, 0.25) is 0 Å². The number of rotatable bonds is 5. The summed E-state index contributed by atoms with van der Waals surface area (Å²) in [7, 11) is 1.32. The van der Waals surface area contributed by atoms with Crippen molar-refractivity contribution in [1.82, 2.24) is 10.2 Å². The molecule has 0 aliphatic heterocycles. The molecule has 0 radical (unpaired) electrons. The van der Waals surface area contributed by atoms with Crippen molar-refractivity contribution >= 4 is 29.1 Å². The number of aromatic nitrogens is 2. The quantitative estimate of drug-likeness (QED) is 0.660. The maximum Gasteiger partial charge on any atom is 0.337 e. The van der Waals surface area contributed by atoms with Gasteiger partial charge in [-0.1, -0.05) is 12.1 Å². The Kier molecular flexibility index (Phi) is 5.58. The predicted octanol–water partition coefficient (Wildman–Crippen LogP) is 3.13. The summed E-state index contributed by atoms with van der Waals surface area (Å²) in [6.07, 6.45) is 0. The summed E-state index contributed by atoms with van der Waals surface area (Å²) >= 11 is 0. The number of para-hydroxylation sites is 1. The molecule has 0 saturated carbocycles. The number of hydrogen-bond donors (Lipinski definition) is 2. The van der Waals surface area contributed by atoms with Gasteiger partial charge in [-0.25, -0.2) is 4.79 Å². The fourth-order valence-corrected chi connectivity index (χ4v) is 2.35. The monoisotopic (exact) mass is 373 g/mol. The summed E-state index contributed by atoms with van der Waals surface area (Å²) in [6.45, 7) is 0. The van der Waals surface area contributed by atoms with Gasteiger partial charge in [0, 0.05) is 5.69 Å². The third-order valence-corrected chi connectivity index (χ3v) is 3.77. The van der Waals surface area contributed by atoms with Crippen LogP contribution in [0.25, 0.3) is 0 Å². The van der Waals surface area contributed by atoms with E-state index in [9.17, 15) is 9.59 Å². The van der Waals surface area contributed by atoms with Crippen LogP contribution in [-0.2, 0) is 4.74 Å². The SMILES string of the molecule is COC(=O)c1ccc(Nc2ccc(C(=O)Nc3ccccc3C#N)nn2)cc1. The molecule has 2 N–H and O–H groups in total. The molecular formula is C20H15N5O3. The van der Waals surface area contributed by atoms with Crippen LogP contribution in [0.15, 0.2) is 60.7 Å². The number of hydrogen-bond acceptors (Lipinski definition) is 7. The molecule has 1 heterocycles. The lowest BCUT2D eigenvalue weighted by atomic mass is 10.2. The first-order chi connectivity index (χ1) is 13.6. The lowest BCUT2D eigenvalue weighted by Crippen LogP contribution is -2.15. The first-order valence-corrected chi connectivity index (χ1v) is 8.20. The van der Waals surface area contributed by atoms with Crippen molar-refractivity contribution in [2.45, 2.75) is 0 Å². The molecule has 0 spiro atoms. The zero-order chi connectivity index (χ0) is 19.9.